The fraction of sp³-hybridized carbons (Fsp3) is 0.800. The fourth-order valence-corrected chi connectivity index (χ4v) is 3.33. The van der Waals surface area contributed by atoms with Crippen molar-refractivity contribution >= 4 is 23.5 Å². The summed E-state index contributed by atoms with van der Waals surface area (Å²) in [5.41, 5.74) is 0.323. The Bertz CT molecular complexity index is 507. The molecule has 5 nitrogen and oxygen atoms in total. The summed E-state index contributed by atoms with van der Waals surface area (Å²) in [4.78, 5) is 17.8. The van der Waals surface area contributed by atoms with Gasteiger partial charge in [0.1, 0.15) is 0 Å². The van der Waals surface area contributed by atoms with Crippen LogP contribution in [0.15, 0.2) is 0 Å². The van der Waals surface area contributed by atoms with Crippen LogP contribution in [0, 0.1) is 11.3 Å². The number of hydrogen-bond acceptors (Lipinski definition) is 5. The zero-order valence-corrected chi connectivity index (χ0v) is 13.9. The lowest BCUT2D eigenvalue weighted by Crippen LogP contribution is -2.28. The van der Waals surface area contributed by atoms with Crippen LogP contribution in [-0.2, 0) is 0 Å². The lowest BCUT2D eigenvalue weighted by molar-refractivity contribution is 0.263. The van der Waals surface area contributed by atoms with E-state index in [0.717, 1.165) is 38.1 Å². The molecule has 0 aromatic carbocycles. The lowest BCUT2D eigenvalue weighted by Gasteiger charge is -2.27. The third kappa shape index (κ3) is 3.23. The SMILES string of the molecule is CC(C)(C)C1CCN(c2nc(Cl)nc(N3CCCC3)n2)C1. The molecule has 1 aromatic heterocycles. The van der Waals surface area contributed by atoms with Crippen molar-refractivity contribution in [1.29, 1.82) is 0 Å². The number of nitrogens with zero attached hydrogens (tertiary/aromatic N) is 5. The molecule has 21 heavy (non-hydrogen) atoms. The van der Waals surface area contributed by atoms with Crippen LogP contribution in [-0.4, -0.2) is 41.1 Å². The summed E-state index contributed by atoms with van der Waals surface area (Å²) < 4.78 is 0. The first kappa shape index (κ1) is 14.8. The molecule has 2 saturated heterocycles. The first-order valence-corrected chi connectivity index (χ1v) is 8.23. The summed E-state index contributed by atoms with van der Waals surface area (Å²) in [6.45, 7) is 10.9. The summed E-state index contributed by atoms with van der Waals surface area (Å²) in [5.74, 6) is 2.15. The number of halogens is 1. The van der Waals surface area contributed by atoms with Gasteiger partial charge < -0.3 is 9.80 Å². The van der Waals surface area contributed by atoms with Crippen molar-refractivity contribution in [3.05, 3.63) is 5.28 Å². The molecule has 1 unspecified atom stereocenters. The average Bonchev–Trinajstić information content (AvgIpc) is 3.09. The molecule has 1 aromatic rings. The van der Waals surface area contributed by atoms with Crippen molar-refractivity contribution in [3.8, 4) is 0 Å². The topological polar surface area (TPSA) is 45.2 Å². The van der Waals surface area contributed by atoms with E-state index in [1.54, 1.807) is 0 Å². The molecule has 2 fully saturated rings. The number of hydrogen-bond donors (Lipinski definition) is 0. The zero-order valence-electron chi connectivity index (χ0n) is 13.1. The largest absolute Gasteiger partial charge is 0.341 e. The van der Waals surface area contributed by atoms with Crippen LogP contribution < -0.4 is 9.80 Å². The van der Waals surface area contributed by atoms with Gasteiger partial charge in [0.15, 0.2) is 0 Å². The molecule has 0 spiro atoms. The van der Waals surface area contributed by atoms with E-state index < -0.39 is 0 Å². The Kier molecular flexibility index (Phi) is 3.95. The minimum absolute atomic E-state index is 0.307. The van der Waals surface area contributed by atoms with Crippen LogP contribution in [0.5, 0.6) is 0 Å². The van der Waals surface area contributed by atoms with E-state index in [2.05, 4.69) is 45.5 Å². The van der Waals surface area contributed by atoms with Crippen molar-refractivity contribution in [2.75, 3.05) is 36.0 Å². The normalized spacial score (nSPS) is 23.1. The maximum absolute atomic E-state index is 6.12. The van der Waals surface area contributed by atoms with E-state index in [1.165, 1.54) is 19.3 Å². The molecule has 0 N–H and O–H groups in total. The fourth-order valence-electron chi connectivity index (χ4n) is 3.18. The van der Waals surface area contributed by atoms with Gasteiger partial charge in [-0.1, -0.05) is 20.8 Å². The Morgan fingerprint density at radius 3 is 2.14 bits per heavy atom. The van der Waals surface area contributed by atoms with Gasteiger partial charge in [-0.25, -0.2) is 0 Å². The van der Waals surface area contributed by atoms with E-state index >= 15 is 0 Å². The van der Waals surface area contributed by atoms with E-state index in [-0.39, 0.29) is 0 Å². The Morgan fingerprint density at radius 1 is 0.952 bits per heavy atom. The first-order valence-electron chi connectivity index (χ1n) is 7.85. The summed E-state index contributed by atoms with van der Waals surface area (Å²) in [6.07, 6.45) is 3.59. The van der Waals surface area contributed by atoms with Gasteiger partial charge in [-0.3, -0.25) is 0 Å². The maximum atomic E-state index is 6.12. The Balaban J connectivity index is 1.79. The number of rotatable bonds is 2. The lowest BCUT2D eigenvalue weighted by atomic mass is 9.80. The molecular formula is C15H24ClN5. The number of aromatic nitrogens is 3. The van der Waals surface area contributed by atoms with Gasteiger partial charge >= 0.3 is 0 Å². The highest BCUT2D eigenvalue weighted by molar-refractivity contribution is 6.28. The van der Waals surface area contributed by atoms with Crippen molar-refractivity contribution in [3.63, 3.8) is 0 Å². The van der Waals surface area contributed by atoms with Crippen molar-refractivity contribution < 1.29 is 0 Å². The highest BCUT2D eigenvalue weighted by atomic mass is 35.5. The van der Waals surface area contributed by atoms with Gasteiger partial charge in [-0.05, 0) is 42.2 Å². The van der Waals surface area contributed by atoms with E-state index in [1.807, 2.05) is 0 Å². The van der Waals surface area contributed by atoms with Crippen molar-refractivity contribution in [1.82, 2.24) is 15.0 Å². The molecule has 3 heterocycles. The van der Waals surface area contributed by atoms with Crippen LogP contribution >= 0.6 is 11.6 Å². The van der Waals surface area contributed by atoms with Crippen LogP contribution in [0.1, 0.15) is 40.0 Å². The molecular weight excluding hydrogens is 286 g/mol. The van der Waals surface area contributed by atoms with Crippen LogP contribution in [0.4, 0.5) is 11.9 Å². The summed E-state index contributed by atoms with van der Waals surface area (Å²) in [5, 5.41) is 0.307. The third-order valence-corrected chi connectivity index (χ3v) is 4.84. The molecule has 2 aliphatic heterocycles. The maximum Gasteiger partial charge on any atom is 0.231 e. The predicted octanol–water partition coefficient (Wildman–Crippen LogP) is 3.00. The standard InChI is InChI=1S/C15H24ClN5/c1-15(2,3)11-6-9-21(10-11)14-18-12(16)17-13(19-14)20-7-4-5-8-20/h11H,4-10H2,1-3H3. The molecule has 0 bridgehead atoms. The molecule has 0 radical (unpaired) electrons. The van der Waals surface area contributed by atoms with Gasteiger partial charge in [-0.15, -0.1) is 0 Å². The van der Waals surface area contributed by atoms with Gasteiger partial charge in [0.25, 0.3) is 0 Å². The summed E-state index contributed by atoms with van der Waals surface area (Å²) in [6, 6.07) is 0. The second-order valence-electron chi connectivity index (χ2n) is 7.20. The van der Waals surface area contributed by atoms with E-state index in [0.29, 0.717) is 16.6 Å². The van der Waals surface area contributed by atoms with E-state index in [4.69, 9.17) is 11.6 Å². The minimum atomic E-state index is 0.307. The zero-order chi connectivity index (χ0) is 15.0. The minimum Gasteiger partial charge on any atom is -0.341 e. The van der Waals surface area contributed by atoms with Gasteiger partial charge in [0, 0.05) is 26.2 Å². The van der Waals surface area contributed by atoms with Gasteiger partial charge in [-0.2, -0.15) is 15.0 Å². The first-order chi connectivity index (χ1) is 9.93. The molecule has 6 heteroatoms. The molecule has 1 atom stereocenters. The smallest absolute Gasteiger partial charge is 0.231 e. The molecule has 0 saturated carbocycles. The quantitative estimate of drug-likeness (QED) is 0.840. The Labute approximate surface area is 131 Å². The van der Waals surface area contributed by atoms with Gasteiger partial charge in [0.2, 0.25) is 17.2 Å². The average molecular weight is 310 g/mol. The molecule has 0 aliphatic carbocycles. The van der Waals surface area contributed by atoms with Crippen LogP contribution in [0.2, 0.25) is 5.28 Å². The molecule has 0 amide bonds. The van der Waals surface area contributed by atoms with Crippen LogP contribution in [0.25, 0.3) is 0 Å². The second-order valence-corrected chi connectivity index (χ2v) is 7.53. The summed E-state index contributed by atoms with van der Waals surface area (Å²) in [7, 11) is 0. The van der Waals surface area contributed by atoms with Crippen molar-refractivity contribution in [2.24, 2.45) is 11.3 Å². The highest BCUT2D eigenvalue weighted by Gasteiger charge is 2.33. The third-order valence-electron chi connectivity index (χ3n) is 4.67. The molecule has 116 valence electrons. The second kappa shape index (κ2) is 5.59. The highest BCUT2D eigenvalue weighted by Crippen LogP contribution is 2.35. The Hall–Kier alpha value is -1.10. The Morgan fingerprint density at radius 2 is 1.57 bits per heavy atom. The van der Waals surface area contributed by atoms with E-state index in [9.17, 15) is 0 Å². The predicted molar refractivity (Wildman–Crippen MR) is 86.1 cm³/mol. The molecule has 3 rings (SSSR count). The number of anilines is 2. The summed E-state index contributed by atoms with van der Waals surface area (Å²) >= 11 is 6.12. The molecule has 2 aliphatic rings. The monoisotopic (exact) mass is 309 g/mol. The van der Waals surface area contributed by atoms with Crippen LogP contribution in [0.3, 0.4) is 0 Å². The van der Waals surface area contributed by atoms with Crippen molar-refractivity contribution in [2.45, 2.75) is 40.0 Å². The van der Waals surface area contributed by atoms with Gasteiger partial charge in [0.05, 0.1) is 0 Å².